The van der Waals surface area contributed by atoms with Gasteiger partial charge in [0.05, 0.1) is 0 Å². The van der Waals surface area contributed by atoms with Crippen LogP contribution in [0, 0.1) is 0 Å². The van der Waals surface area contributed by atoms with E-state index >= 15 is 0 Å². The Morgan fingerprint density at radius 2 is 1.00 bits per heavy atom. The second-order valence-corrected chi connectivity index (χ2v) is 0. The largest absolute Gasteiger partial charge is 0.412 e. The molecule has 17 valence electrons. The minimum atomic E-state index is 0. The Morgan fingerprint density at radius 1 is 1.00 bits per heavy atom. The summed E-state index contributed by atoms with van der Waals surface area (Å²) in [6.45, 7) is 0. The van der Waals surface area contributed by atoms with Crippen molar-refractivity contribution in [2.75, 3.05) is 0 Å². The molecule has 0 unspecified atom stereocenters. The topological polar surface area (TPSA) is 31.5 Å². The Morgan fingerprint density at radius 3 is 1.00 bits per heavy atom. The van der Waals surface area contributed by atoms with Gasteiger partial charge >= 0.3 is 0 Å². The van der Waals surface area contributed by atoms with Gasteiger partial charge in [0.15, 0.2) is 0 Å². The van der Waals surface area contributed by atoms with E-state index in [9.17, 15) is 0 Å². The van der Waals surface area contributed by atoms with Gasteiger partial charge in [0.2, 0.25) is 0 Å². The zero-order valence-corrected chi connectivity index (χ0v) is 13.8. The SMILES string of the molecule is O.[Ba].[Bi].[Sr]. The van der Waals surface area contributed by atoms with Crippen molar-refractivity contribution in [3.05, 3.63) is 0 Å². The van der Waals surface area contributed by atoms with E-state index in [1.165, 1.54) is 0 Å². The minimum Gasteiger partial charge on any atom is -0.412 e. The van der Waals surface area contributed by atoms with E-state index in [0.29, 0.717) is 0 Å². The molecule has 0 fully saturated rings. The third-order valence-electron chi connectivity index (χ3n) is 0. The van der Waals surface area contributed by atoms with Crippen LogP contribution in [0.15, 0.2) is 0 Å². The van der Waals surface area contributed by atoms with Crippen molar-refractivity contribution in [2.24, 2.45) is 0 Å². The molecule has 7 radical (unpaired) electrons. The third kappa shape index (κ3) is 9.31. The molecule has 0 aliphatic heterocycles. The first-order valence-corrected chi connectivity index (χ1v) is 0. The first-order chi connectivity index (χ1) is 0. The molecule has 0 aliphatic rings. The molecule has 0 spiro atoms. The van der Waals surface area contributed by atoms with E-state index in [1.54, 1.807) is 0 Å². The number of rotatable bonds is 0. The van der Waals surface area contributed by atoms with Crippen LogP contribution in [0.2, 0.25) is 0 Å². The van der Waals surface area contributed by atoms with E-state index in [1.807, 2.05) is 0 Å². The molecular formula is H2BaBiOSr. The molecule has 0 saturated carbocycles. The van der Waals surface area contributed by atoms with E-state index in [4.69, 9.17) is 0 Å². The summed E-state index contributed by atoms with van der Waals surface area (Å²) in [6.07, 6.45) is 0. The third-order valence-corrected chi connectivity index (χ3v) is 0. The molecule has 0 saturated heterocycles. The molecule has 0 amide bonds. The molecular weight excluding hydrogens is 450 g/mol. The van der Waals surface area contributed by atoms with Crippen molar-refractivity contribution < 1.29 is 5.48 Å². The summed E-state index contributed by atoms with van der Waals surface area (Å²) in [5.74, 6) is 0. The summed E-state index contributed by atoms with van der Waals surface area (Å²) >= 11 is 0. The van der Waals surface area contributed by atoms with Gasteiger partial charge in [-0.1, -0.05) is 0 Å². The Labute approximate surface area is 122 Å². The van der Waals surface area contributed by atoms with Gasteiger partial charge < -0.3 is 5.48 Å². The number of hydrogen-bond donors (Lipinski definition) is 0. The van der Waals surface area contributed by atoms with Crippen molar-refractivity contribution in [3.63, 3.8) is 0 Å². The fraction of sp³-hybridized carbons (Fsp3) is 0. The van der Waals surface area contributed by atoms with Crippen LogP contribution in [0.3, 0.4) is 0 Å². The van der Waals surface area contributed by atoms with Crippen LogP contribution < -0.4 is 0 Å². The van der Waals surface area contributed by atoms with E-state index in [2.05, 4.69) is 0 Å². The Bertz CT molecular complexity index is 8.00. The standard InChI is InChI=1S/Ba.Bi.H2O.Sr/h;;1H2;. The summed E-state index contributed by atoms with van der Waals surface area (Å²) in [5.41, 5.74) is 0. The fourth-order valence-corrected chi connectivity index (χ4v) is 0. The van der Waals surface area contributed by atoms with Gasteiger partial charge in [-0.15, -0.1) is 0 Å². The van der Waals surface area contributed by atoms with Crippen LogP contribution in [0.25, 0.3) is 0 Å². The smallest absolute Gasteiger partial charge is 0 e. The first kappa shape index (κ1) is 24.7. The molecule has 0 rings (SSSR count). The molecule has 0 atom stereocenters. The molecule has 0 heterocycles. The van der Waals surface area contributed by atoms with Gasteiger partial charge in [0.1, 0.15) is 0 Å². The van der Waals surface area contributed by atoms with Crippen LogP contribution >= 0.6 is 0 Å². The van der Waals surface area contributed by atoms with E-state index < -0.39 is 0 Å². The predicted molar refractivity (Wildman–Crippen MR) is 20.9 cm³/mol. The van der Waals surface area contributed by atoms with Crippen LogP contribution in [-0.2, 0) is 0 Å². The molecule has 1 nitrogen and oxygen atoms in total. The maximum absolute atomic E-state index is 0. The summed E-state index contributed by atoms with van der Waals surface area (Å²) in [7, 11) is 0. The van der Waals surface area contributed by atoms with Gasteiger partial charge in [-0.25, -0.2) is 0 Å². The molecule has 0 aromatic carbocycles. The summed E-state index contributed by atoms with van der Waals surface area (Å²) < 4.78 is 0. The second-order valence-electron chi connectivity index (χ2n) is 0. The zero-order chi connectivity index (χ0) is 0. The van der Waals surface area contributed by atoms with Crippen molar-refractivity contribution in [1.29, 1.82) is 0 Å². The van der Waals surface area contributed by atoms with Crippen molar-refractivity contribution in [2.45, 2.75) is 0 Å². The van der Waals surface area contributed by atoms with Crippen molar-refractivity contribution >= 4 is 121 Å². The van der Waals surface area contributed by atoms with E-state index in [-0.39, 0.29) is 126 Å². The Kier molecular flexibility index (Phi) is 97.7. The van der Waals surface area contributed by atoms with Crippen LogP contribution in [0.5, 0.6) is 0 Å². The maximum atomic E-state index is 0. The fourth-order valence-electron chi connectivity index (χ4n) is 0. The summed E-state index contributed by atoms with van der Waals surface area (Å²) in [4.78, 5) is 0. The summed E-state index contributed by atoms with van der Waals surface area (Å²) in [5, 5.41) is 0. The Hall–Kier alpha value is 3.90. The van der Waals surface area contributed by atoms with Gasteiger partial charge in [-0.2, -0.15) is 0 Å². The van der Waals surface area contributed by atoms with Gasteiger partial charge in [0, 0.05) is 121 Å². The molecule has 0 aromatic rings. The molecule has 0 bridgehead atoms. The maximum Gasteiger partial charge on any atom is 0 e. The molecule has 0 aromatic heterocycles. The minimum absolute atomic E-state index is 0. The molecule has 0 aliphatic carbocycles. The van der Waals surface area contributed by atoms with E-state index in [0.717, 1.165) is 0 Å². The molecule has 4 heteroatoms. The predicted octanol–water partition coefficient (Wildman–Crippen LogP) is -1.97. The first-order valence-electron chi connectivity index (χ1n) is 0. The average Bonchev–Trinajstić information content (AvgIpc) is 0. The zero-order valence-electron chi connectivity index (χ0n) is 2.36. The van der Waals surface area contributed by atoms with Gasteiger partial charge in [-0.05, 0) is 0 Å². The second kappa shape index (κ2) is 15.8. The molecule has 2 N–H and O–H groups in total. The normalized spacial score (nSPS) is 0. The van der Waals surface area contributed by atoms with Gasteiger partial charge in [0.25, 0.3) is 0 Å². The Balaban J connectivity index is 0. The van der Waals surface area contributed by atoms with Crippen molar-refractivity contribution in [1.82, 2.24) is 0 Å². The summed E-state index contributed by atoms with van der Waals surface area (Å²) in [6, 6.07) is 0. The van der Waals surface area contributed by atoms with Gasteiger partial charge in [-0.3, -0.25) is 0 Å². The van der Waals surface area contributed by atoms with Crippen molar-refractivity contribution in [3.8, 4) is 0 Å². The quantitative estimate of drug-likeness (QED) is 0.383. The molecule has 4 heavy (non-hydrogen) atoms. The average molecular weight is 452 g/mol. The van der Waals surface area contributed by atoms with Crippen LogP contribution in [0.4, 0.5) is 0 Å². The number of hydrogen-bond acceptors (Lipinski definition) is 0. The van der Waals surface area contributed by atoms with Crippen LogP contribution in [-0.4, -0.2) is 126 Å². The van der Waals surface area contributed by atoms with Crippen LogP contribution in [0.1, 0.15) is 0 Å². The monoisotopic (exact) mass is 453 g/mol.